The smallest absolute Gasteiger partial charge is 0.320 e. The first kappa shape index (κ1) is 17.1. The van der Waals surface area contributed by atoms with Crippen molar-refractivity contribution in [1.29, 1.82) is 0 Å². The Bertz CT molecular complexity index is 883. The number of para-hydroxylation sites is 1. The van der Waals surface area contributed by atoms with Crippen molar-refractivity contribution < 1.29 is 14.7 Å². The van der Waals surface area contributed by atoms with E-state index in [1.54, 1.807) is 42.5 Å². The minimum absolute atomic E-state index is 0.218. The van der Waals surface area contributed by atoms with Crippen molar-refractivity contribution in [2.75, 3.05) is 10.6 Å². The molecule has 0 fully saturated rings. The van der Waals surface area contributed by atoms with Crippen molar-refractivity contribution in [3.8, 4) is 0 Å². The summed E-state index contributed by atoms with van der Waals surface area (Å²) in [7, 11) is 0. The molecule has 0 spiro atoms. The van der Waals surface area contributed by atoms with E-state index < -0.39 is 23.7 Å². The van der Waals surface area contributed by atoms with Gasteiger partial charge in [0.15, 0.2) is 5.76 Å². The maximum Gasteiger partial charge on any atom is 0.320 e. The van der Waals surface area contributed by atoms with Crippen LogP contribution >= 0.6 is 23.2 Å². The number of benzene rings is 2. The summed E-state index contributed by atoms with van der Waals surface area (Å²) in [5.74, 6) is -1.13. The van der Waals surface area contributed by atoms with Crippen molar-refractivity contribution in [1.82, 2.24) is 5.32 Å². The van der Waals surface area contributed by atoms with Gasteiger partial charge in [-0.1, -0.05) is 47.5 Å². The van der Waals surface area contributed by atoms with E-state index in [2.05, 4.69) is 16.0 Å². The molecule has 4 N–H and O–H groups in total. The molecule has 0 radical (unpaired) electrons. The summed E-state index contributed by atoms with van der Waals surface area (Å²) in [6.45, 7) is 0. The molecule has 6 nitrogen and oxygen atoms in total. The summed E-state index contributed by atoms with van der Waals surface area (Å²) in [6.07, 6.45) is 1.26. The maximum absolute atomic E-state index is 12.3. The molecule has 0 aromatic heterocycles. The molecule has 3 rings (SSSR count). The van der Waals surface area contributed by atoms with Gasteiger partial charge in [0, 0.05) is 11.3 Å². The van der Waals surface area contributed by atoms with E-state index in [-0.39, 0.29) is 5.02 Å². The summed E-state index contributed by atoms with van der Waals surface area (Å²) in [5, 5.41) is 18.2. The van der Waals surface area contributed by atoms with E-state index in [9.17, 15) is 14.7 Å². The molecule has 8 heteroatoms. The van der Waals surface area contributed by atoms with Crippen LogP contribution in [0, 0.1) is 0 Å². The Labute approximate surface area is 153 Å². The Kier molecular flexibility index (Phi) is 4.83. The Morgan fingerprint density at radius 3 is 2.68 bits per heavy atom. The molecule has 2 aromatic rings. The molecule has 2 aromatic carbocycles. The minimum atomic E-state index is -0.715. The molecule has 0 bridgehead atoms. The second-order valence-corrected chi connectivity index (χ2v) is 6.06. The number of aliphatic hydroxyl groups is 1. The summed E-state index contributed by atoms with van der Waals surface area (Å²) in [5.41, 5.74) is 1.47. The zero-order valence-corrected chi connectivity index (χ0v) is 14.2. The molecule has 3 amide bonds. The Hall–Kier alpha value is -2.70. The molecule has 25 heavy (non-hydrogen) atoms. The first-order chi connectivity index (χ1) is 12.0. The summed E-state index contributed by atoms with van der Waals surface area (Å²) < 4.78 is 0. The number of carbonyl (C=O) groups excluding carboxylic acids is 2. The molecule has 0 saturated carbocycles. The highest BCUT2D eigenvalue weighted by molar-refractivity contribution is 6.43. The summed E-state index contributed by atoms with van der Waals surface area (Å²) in [6, 6.07) is 10.5. The van der Waals surface area contributed by atoms with Gasteiger partial charge in [0.05, 0.1) is 21.8 Å². The van der Waals surface area contributed by atoms with Crippen molar-refractivity contribution in [3.63, 3.8) is 0 Å². The zero-order chi connectivity index (χ0) is 18.0. The van der Waals surface area contributed by atoms with E-state index in [0.29, 0.717) is 22.0 Å². The molecular formula is C17H13Cl2N3O3. The fourth-order valence-electron chi connectivity index (χ4n) is 2.41. The van der Waals surface area contributed by atoms with Crippen molar-refractivity contribution in [3.05, 3.63) is 69.9 Å². The maximum atomic E-state index is 12.3. The van der Waals surface area contributed by atoms with Crippen LogP contribution in [0.3, 0.4) is 0 Å². The van der Waals surface area contributed by atoms with Gasteiger partial charge in [-0.25, -0.2) is 4.79 Å². The number of fused-ring (bicyclic) bond motifs is 1. The minimum Gasteiger partial charge on any atom is -0.503 e. The Morgan fingerprint density at radius 2 is 1.88 bits per heavy atom. The Balaban J connectivity index is 1.84. The topological polar surface area (TPSA) is 90.5 Å². The van der Waals surface area contributed by atoms with Gasteiger partial charge >= 0.3 is 6.03 Å². The van der Waals surface area contributed by atoms with Crippen molar-refractivity contribution in [2.45, 2.75) is 6.04 Å². The first-order valence-corrected chi connectivity index (χ1v) is 8.04. The number of halogens is 2. The first-order valence-electron chi connectivity index (χ1n) is 7.28. The van der Waals surface area contributed by atoms with Crippen LogP contribution < -0.4 is 16.0 Å². The van der Waals surface area contributed by atoms with Crippen molar-refractivity contribution in [2.24, 2.45) is 0 Å². The highest BCUT2D eigenvalue weighted by Gasteiger charge is 2.23. The third-order valence-corrected chi connectivity index (χ3v) is 4.41. The molecule has 1 heterocycles. The van der Waals surface area contributed by atoms with Gasteiger partial charge in [0.25, 0.3) is 5.91 Å². The predicted octanol–water partition coefficient (Wildman–Crippen LogP) is 4.25. The van der Waals surface area contributed by atoms with E-state index >= 15 is 0 Å². The quantitative estimate of drug-likeness (QED) is 0.630. The van der Waals surface area contributed by atoms with Gasteiger partial charge in [0.1, 0.15) is 0 Å². The van der Waals surface area contributed by atoms with Crippen LogP contribution in [0.5, 0.6) is 0 Å². The molecule has 1 atom stereocenters. The lowest BCUT2D eigenvalue weighted by Gasteiger charge is -2.17. The van der Waals surface area contributed by atoms with E-state index in [4.69, 9.17) is 23.2 Å². The average molecular weight is 378 g/mol. The van der Waals surface area contributed by atoms with Gasteiger partial charge in [-0.05, 0) is 24.3 Å². The van der Waals surface area contributed by atoms with Crippen LogP contribution in [-0.4, -0.2) is 17.0 Å². The van der Waals surface area contributed by atoms with E-state index in [0.717, 1.165) is 0 Å². The van der Waals surface area contributed by atoms with Crippen LogP contribution in [0.4, 0.5) is 16.2 Å². The Morgan fingerprint density at radius 1 is 1.12 bits per heavy atom. The molecule has 1 aliphatic rings. The van der Waals surface area contributed by atoms with E-state index in [1.807, 2.05) is 0 Å². The lowest BCUT2D eigenvalue weighted by Crippen LogP contribution is -2.32. The normalized spacial score (nSPS) is 16.2. The molecule has 0 aliphatic carbocycles. The zero-order valence-electron chi connectivity index (χ0n) is 12.7. The SMILES string of the molecule is O=C(Nc1cccc(Cl)c1Cl)NC1C=C(O)C(=O)Nc2ccccc21. The number of anilines is 2. The number of hydrogen-bond donors (Lipinski definition) is 4. The van der Waals surface area contributed by atoms with Crippen LogP contribution in [0.15, 0.2) is 54.3 Å². The van der Waals surface area contributed by atoms with Gasteiger partial charge in [-0.15, -0.1) is 0 Å². The highest BCUT2D eigenvalue weighted by atomic mass is 35.5. The van der Waals surface area contributed by atoms with Crippen LogP contribution in [0.2, 0.25) is 10.0 Å². The molecular weight excluding hydrogens is 365 g/mol. The average Bonchev–Trinajstić information content (AvgIpc) is 2.69. The lowest BCUT2D eigenvalue weighted by molar-refractivity contribution is -0.115. The number of nitrogens with one attached hydrogen (secondary N) is 3. The third-order valence-electron chi connectivity index (χ3n) is 3.59. The monoisotopic (exact) mass is 377 g/mol. The molecule has 1 unspecified atom stereocenters. The second-order valence-electron chi connectivity index (χ2n) is 5.27. The van der Waals surface area contributed by atoms with Gasteiger partial charge in [-0.3, -0.25) is 4.79 Å². The third kappa shape index (κ3) is 3.70. The number of aliphatic hydroxyl groups excluding tert-OH is 1. The number of hydrogen-bond acceptors (Lipinski definition) is 3. The fourth-order valence-corrected chi connectivity index (χ4v) is 2.76. The largest absolute Gasteiger partial charge is 0.503 e. The highest BCUT2D eigenvalue weighted by Crippen LogP contribution is 2.30. The van der Waals surface area contributed by atoms with Gasteiger partial charge in [0.2, 0.25) is 0 Å². The summed E-state index contributed by atoms with van der Waals surface area (Å²) in [4.78, 5) is 24.1. The van der Waals surface area contributed by atoms with Crippen LogP contribution in [-0.2, 0) is 4.79 Å². The number of amides is 3. The predicted molar refractivity (Wildman–Crippen MR) is 97.1 cm³/mol. The van der Waals surface area contributed by atoms with Gasteiger partial charge in [-0.2, -0.15) is 0 Å². The number of rotatable bonds is 2. The lowest BCUT2D eigenvalue weighted by atomic mass is 10.1. The van der Waals surface area contributed by atoms with Gasteiger partial charge < -0.3 is 21.1 Å². The molecule has 128 valence electrons. The number of urea groups is 1. The van der Waals surface area contributed by atoms with Crippen molar-refractivity contribution >= 4 is 46.5 Å². The standard InChI is InChI=1S/C17H13Cl2N3O3/c18-10-5-3-7-12(15(10)19)21-17(25)22-13-8-14(23)16(24)20-11-6-2-1-4-9(11)13/h1-8,13,23H,(H,20,24)(H2,21,22,25). The molecule has 0 saturated heterocycles. The van der Waals surface area contributed by atoms with Crippen LogP contribution in [0.1, 0.15) is 11.6 Å². The molecule has 1 aliphatic heterocycles. The van der Waals surface area contributed by atoms with Crippen LogP contribution in [0.25, 0.3) is 0 Å². The number of carbonyl (C=O) groups is 2. The van der Waals surface area contributed by atoms with E-state index in [1.165, 1.54) is 6.08 Å². The second kappa shape index (κ2) is 7.04. The summed E-state index contributed by atoms with van der Waals surface area (Å²) >= 11 is 12.0. The fraction of sp³-hybridized carbons (Fsp3) is 0.0588.